The van der Waals surface area contributed by atoms with E-state index in [9.17, 15) is 13.2 Å². The Kier molecular flexibility index (Phi) is 4.56. The summed E-state index contributed by atoms with van der Waals surface area (Å²) in [6, 6.07) is 2.54. The predicted molar refractivity (Wildman–Crippen MR) is 60.7 cm³/mol. The van der Waals surface area contributed by atoms with Crippen molar-refractivity contribution in [2.75, 3.05) is 21.3 Å². The molecule has 0 spiro atoms. The van der Waals surface area contributed by atoms with Crippen LogP contribution in [0.2, 0.25) is 0 Å². The first kappa shape index (κ1) is 14.8. The van der Waals surface area contributed by atoms with Gasteiger partial charge in [-0.2, -0.15) is 13.2 Å². The quantitative estimate of drug-likeness (QED) is 0.791. The van der Waals surface area contributed by atoms with E-state index < -0.39 is 11.6 Å². The molecule has 1 aromatic carbocycles. The Hall–Kier alpha value is -1.30. The molecule has 3 nitrogen and oxygen atoms in total. The summed E-state index contributed by atoms with van der Waals surface area (Å²) in [5.74, 6) is 0.255. The molecule has 102 valence electrons. The fraction of sp³-hybridized carbons (Fsp3) is 0.455. The van der Waals surface area contributed by atoms with Crippen molar-refractivity contribution >= 4 is 11.6 Å². The van der Waals surface area contributed by atoms with Crippen LogP contribution in [-0.2, 0) is 0 Å². The molecule has 1 unspecified atom stereocenters. The molecule has 18 heavy (non-hydrogen) atoms. The fourth-order valence-corrected chi connectivity index (χ4v) is 1.67. The third-order valence-electron chi connectivity index (χ3n) is 2.30. The highest BCUT2D eigenvalue weighted by Crippen LogP contribution is 2.48. The van der Waals surface area contributed by atoms with Crippen LogP contribution in [0.1, 0.15) is 10.9 Å². The number of halogens is 4. The van der Waals surface area contributed by atoms with E-state index in [0.717, 1.165) is 0 Å². The number of benzene rings is 1. The van der Waals surface area contributed by atoms with Gasteiger partial charge in [0.15, 0.2) is 16.9 Å². The summed E-state index contributed by atoms with van der Waals surface area (Å²) in [4.78, 5) is 0. The molecule has 0 heterocycles. The Morgan fingerprint density at radius 2 is 1.56 bits per heavy atom. The molecule has 0 aliphatic rings. The van der Waals surface area contributed by atoms with Gasteiger partial charge in [0.25, 0.3) is 0 Å². The zero-order valence-corrected chi connectivity index (χ0v) is 10.7. The minimum atomic E-state index is -4.57. The lowest BCUT2D eigenvalue weighted by Crippen LogP contribution is -2.16. The van der Waals surface area contributed by atoms with E-state index >= 15 is 0 Å². The van der Waals surface area contributed by atoms with E-state index in [1.807, 2.05) is 0 Å². The number of hydrogen-bond acceptors (Lipinski definition) is 3. The van der Waals surface area contributed by atoms with Crippen molar-refractivity contribution in [1.82, 2.24) is 0 Å². The van der Waals surface area contributed by atoms with E-state index in [1.54, 1.807) is 0 Å². The van der Waals surface area contributed by atoms with Gasteiger partial charge in [-0.3, -0.25) is 0 Å². The molecule has 0 saturated carbocycles. The predicted octanol–water partition coefficient (Wildman–Crippen LogP) is 3.55. The maximum Gasteiger partial charge on any atom is 0.409 e. The Labute approximate surface area is 107 Å². The van der Waals surface area contributed by atoms with Crippen LogP contribution in [0.5, 0.6) is 17.2 Å². The van der Waals surface area contributed by atoms with Gasteiger partial charge >= 0.3 is 6.18 Å². The zero-order chi connectivity index (χ0) is 13.9. The van der Waals surface area contributed by atoms with Crippen molar-refractivity contribution in [1.29, 1.82) is 0 Å². The Balaban J connectivity index is 3.38. The van der Waals surface area contributed by atoms with Gasteiger partial charge in [-0.25, -0.2) is 0 Å². The average Bonchev–Trinajstić information content (AvgIpc) is 2.34. The lowest BCUT2D eigenvalue weighted by molar-refractivity contribution is -0.132. The number of rotatable bonds is 4. The first-order valence-electron chi connectivity index (χ1n) is 4.86. The number of methoxy groups -OCH3 is 3. The summed E-state index contributed by atoms with van der Waals surface area (Å²) in [7, 11) is 3.92. The Bertz CT molecular complexity index is 421. The monoisotopic (exact) mass is 284 g/mol. The van der Waals surface area contributed by atoms with Crippen LogP contribution in [0.25, 0.3) is 0 Å². The van der Waals surface area contributed by atoms with Crippen LogP contribution in [0.3, 0.4) is 0 Å². The minimum Gasteiger partial charge on any atom is -0.493 e. The van der Waals surface area contributed by atoms with Crippen LogP contribution in [0, 0.1) is 0 Å². The Morgan fingerprint density at radius 3 is 1.94 bits per heavy atom. The first-order chi connectivity index (χ1) is 8.36. The van der Waals surface area contributed by atoms with E-state index in [-0.39, 0.29) is 22.8 Å². The van der Waals surface area contributed by atoms with E-state index in [1.165, 1.54) is 33.5 Å². The third-order valence-corrected chi connectivity index (χ3v) is 2.78. The standard InChI is InChI=1S/C11H12ClF3O3/c1-16-7-5-4-6(10(12)11(13,14)15)8(17-2)9(7)18-3/h4-5,10H,1-3H3. The Morgan fingerprint density at radius 1 is 1.00 bits per heavy atom. The highest BCUT2D eigenvalue weighted by atomic mass is 35.5. The molecule has 0 aliphatic heterocycles. The van der Waals surface area contributed by atoms with Crippen molar-refractivity contribution in [3.63, 3.8) is 0 Å². The summed E-state index contributed by atoms with van der Waals surface area (Å²) in [5, 5.41) is -2.17. The van der Waals surface area contributed by atoms with Crippen LogP contribution < -0.4 is 14.2 Å². The summed E-state index contributed by atoms with van der Waals surface area (Å²) in [5.41, 5.74) is -0.218. The van der Waals surface area contributed by atoms with Gasteiger partial charge < -0.3 is 14.2 Å². The number of alkyl halides is 4. The third kappa shape index (κ3) is 2.75. The molecule has 0 radical (unpaired) electrons. The SMILES string of the molecule is COc1ccc(C(Cl)C(F)(F)F)c(OC)c1OC. The minimum absolute atomic E-state index is 0.0763. The van der Waals surface area contributed by atoms with E-state index in [4.69, 9.17) is 25.8 Å². The molecular formula is C11H12ClF3O3. The molecule has 0 fully saturated rings. The molecule has 7 heteroatoms. The molecule has 1 atom stereocenters. The van der Waals surface area contributed by atoms with Crippen molar-refractivity contribution < 1.29 is 27.4 Å². The van der Waals surface area contributed by atoms with Gasteiger partial charge in [0.05, 0.1) is 21.3 Å². The maximum atomic E-state index is 12.6. The van der Waals surface area contributed by atoms with Gasteiger partial charge in [-0.05, 0) is 12.1 Å². The van der Waals surface area contributed by atoms with Gasteiger partial charge in [-0.1, -0.05) is 0 Å². The van der Waals surface area contributed by atoms with Gasteiger partial charge in [0.2, 0.25) is 5.75 Å². The molecular weight excluding hydrogens is 273 g/mol. The van der Waals surface area contributed by atoms with Crippen LogP contribution in [0.15, 0.2) is 12.1 Å². The molecule has 1 rings (SSSR count). The highest BCUT2D eigenvalue weighted by molar-refractivity contribution is 6.21. The first-order valence-corrected chi connectivity index (χ1v) is 5.30. The second kappa shape index (κ2) is 5.56. The maximum absolute atomic E-state index is 12.6. The van der Waals surface area contributed by atoms with Crippen molar-refractivity contribution in [3.05, 3.63) is 17.7 Å². The molecule has 0 N–H and O–H groups in total. The van der Waals surface area contributed by atoms with Gasteiger partial charge in [0.1, 0.15) is 0 Å². The second-order valence-electron chi connectivity index (χ2n) is 3.33. The molecule has 0 aromatic heterocycles. The molecule has 0 amide bonds. The van der Waals surface area contributed by atoms with Crippen LogP contribution >= 0.6 is 11.6 Å². The summed E-state index contributed by atoms with van der Waals surface area (Å²) >= 11 is 5.39. The smallest absolute Gasteiger partial charge is 0.409 e. The van der Waals surface area contributed by atoms with Gasteiger partial charge in [0, 0.05) is 5.56 Å². The fourth-order valence-electron chi connectivity index (χ4n) is 1.50. The van der Waals surface area contributed by atoms with Crippen molar-refractivity contribution in [2.24, 2.45) is 0 Å². The van der Waals surface area contributed by atoms with Gasteiger partial charge in [-0.15, -0.1) is 11.6 Å². The van der Waals surface area contributed by atoms with Crippen molar-refractivity contribution in [2.45, 2.75) is 11.6 Å². The summed E-state index contributed by atoms with van der Waals surface area (Å²) in [6.45, 7) is 0. The molecule has 1 aromatic rings. The summed E-state index contributed by atoms with van der Waals surface area (Å²) < 4.78 is 52.7. The molecule has 0 saturated heterocycles. The van der Waals surface area contributed by atoms with E-state index in [0.29, 0.717) is 0 Å². The van der Waals surface area contributed by atoms with Crippen molar-refractivity contribution in [3.8, 4) is 17.2 Å². The lowest BCUT2D eigenvalue weighted by Gasteiger charge is -2.20. The number of hydrogen-bond donors (Lipinski definition) is 0. The van der Waals surface area contributed by atoms with Crippen LogP contribution in [-0.4, -0.2) is 27.5 Å². The second-order valence-corrected chi connectivity index (χ2v) is 3.76. The summed E-state index contributed by atoms with van der Waals surface area (Å²) in [6.07, 6.45) is -4.57. The largest absolute Gasteiger partial charge is 0.493 e. The average molecular weight is 285 g/mol. The topological polar surface area (TPSA) is 27.7 Å². The molecule has 0 aliphatic carbocycles. The normalized spacial score (nSPS) is 13.1. The highest BCUT2D eigenvalue weighted by Gasteiger charge is 2.41. The lowest BCUT2D eigenvalue weighted by atomic mass is 10.1. The van der Waals surface area contributed by atoms with E-state index in [2.05, 4.69) is 0 Å². The molecule has 0 bridgehead atoms. The van der Waals surface area contributed by atoms with Crippen LogP contribution in [0.4, 0.5) is 13.2 Å². The zero-order valence-electron chi connectivity index (χ0n) is 9.97. The number of ether oxygens (including phenoxy) is 3.